The Morgan fingerprint density at radius 2 is 1.72 bits per heavy atom. The lowest BCUT2D eigenvalue weighted by Crippen LogP contribution is -2.54. The van der Waals surface area contributed by atoms with Gasteiger partial charge in [0.15, 0.2) is 11.4 Å². The number of para-hydroxylation sites is 1. The van der Waals surface area contributed by atoms with Crippen LogP contribution < -0.4 is 19.7 Å². The number of rotatable bonds is 6. The first-order valence-corrected chi connectivity index (χ1v) is 11.7. The molecule has 0 bridgehead atoms. The van der Waals surface area contributed by atoms with Crippen LogP contribution in [0, 0.1) is 0 Å². The van der Waals surface area contributed by atoms with E-state index in [4.69, 9.17) is 26.4 Å². The normalized spacial score (nSPS) is 18.9. The van der Waals surface area contributed by atoms with Gasteiger partial charge in [-0.2, -0.15) is 0 Å². The van der Waals surface area contributed by atoms with E-state index in [2.05, 4.69) is 5.32 Å². The van der Waals surface area contributed by atoms with Gasteiger partial charge in [-0.05, 0) is 73.2 Å². The monoisotopic (exact) mass is 502 g/mol. The first kappa shape index (κ1) is 23.5. The Morgan fingerprint density at radius 3 is 2.42 bits per heavy atom. The van der Waals surface area contributed by atoms with Gasteiger partial charge >= 0.3 is 0 Å². The molecule has 36 heavy (non-hydrogen) atoms. The molecule has 2 saturated heterocycles. The second-order valence-electron chi connectivity index (χ2n) is 8.15. The van der Waals surface area contributed by atoms with Crippen LogP contribution in [0.15, 0.2) is 78.4 Å². The van der Waals surface area contributed by atoms with Crippen LogP contribution in [0.1, 0.15) is 18.4 Å². The van der Waals surface area contributed by atoms with E-state index in [1.807, 2.05) is 30.3 Å². The summed E-state index contributed by atoms with van der Waals surface area (Å²) in [6.07, 6.45) is 2.67. The number of carbonyl (C=O) groups is 2. The van der Waals surface area contributed by atoms with Crippen molar-refractivity contribution in [2.75, 3.05) is 11.5 Å². The first-order chi connectivity index (χ1) is 17.5. The van der Waals surface area contributed by atoms with Crippen molar-refractivity contribution in [2.24, 2.45) is 0 Å². The SMILES string of the molecule is O=C1NC(=S)N(c2ccc(Oc3ccccc3)cc2)C(=O)/C1=C\c1ccc(OC2CCCO2)cc1O. The molecule has 8 nitrogen and oxygen atoms in total. The second-order valence-corrected chi connectivity index (χ2v) is 8.53. The van der Waals surface area contributed by atoms with Crippen molar-refractivity contribution in [3.05, 3.63) is 83.9 Å². The summed E-state index contributed by atoms with van der Waals surface area (Å²) in [5.41, 5.74) is 0.574. The lowest BCUT2D eigenvalue weighted by molar-refractivity contribution is -0.122. The molecule has 3 aromatic carbocycles. The van der Waals surface area contributed by atoms with Gasteiger partial charge in [-0.15, -0.1) is 0 Å². The van der Waals surface area contributed by atoms with Crippen molar-refractivity contribution >= 4 is 40.9 Å². The van der Waals surface area contributed by atoms with Gasteiger partial charge in [0.2, 0.25) is 0 Å². The number of nitrogens with one attached hydrogen (secondary N) is 1. The maximum absolute atomic E-state index is 13.3. The van der Waals surface area contributed by atoms with Crippen molar-refractivity contribution < 1.29 is 28.9 Å². The van der Waals surface area contributed by atoms with Crippen molar-refractivity contribution in [2.45, 2.75) is 19.1 Å². The van der Waals surface area contributed by atoms with Crippen molar-refractivity contribution in [3.63, 3.8) is 0 Å². The zero-order valence-electron chi connectivity index (χ0n) is 19.0. The summed E-state index contributed by atoms with van der Waals surface area (Å²) in [4.78, 5) is 27.1. The van der Waals surface area contributed by atoms with E-state index in [-0.39, 0.29) is 28.3 Å². The van der Waals surface area contributed by atoms with Gasteiger partial charge in [0.1, 0.15) is 28.6 Å². The maximum Gasteiger partial charge on any atom is 0.270 e. The zero-order valence-corrected chi connectivity index (χ0v) is 19.9. The van der Waals surface area contributed by atoms with Gasteiger partial charge in [0.25, 0.3) is 11.8 Å². The van der Waals surface area contributed by atoms with Crippen molar-refractivity contribution in [1.29, 1.82) is 0 Å². The Labute approximate surface area is 212 Å². The van der Waals surface area contributed by atoms with E-state index < -0.39 is 11.8 Å². The third kappa shape index (κ3) is 5.07. The summed E-state index contributed by atoms with van der Waals surface area (Å²) in [6, 6.07) is 20.7. The first-order valence-electron chi connectivity index (χ1n) is 11.3. The van der Waals surface area contributed by atoms with E-state index in [0.29, 0.717) is 29.5 Å². The number of ether oxygens (including phenoxy) is 3. The lowest BCUT2D eigenvalue weighted by Gasteiger charge is -2.29. The predicted molar refractivity (Wildman–Crippen MR) is 137 cm³/mol. The molecule has 2 N–H and O–H groups in total. The minimum Gasteiger partial charge on any atom is -0.507 e. The quantitative estimate of drug-likeness (QED) is 0.290. The topological polar surface area (TPSA) is 97.3 Å². The molecule has 2 amide bonds. The number of anilines is 1. The molecule has 2 fully saturated rings. The average molecular weight is 503 g/mol. The molecular formula is C27H22N2O6S. The molecule has 0 radical (unpaired) electrons. The maximum atomic E-state index is 13.3. The van der Waals surface area contributed by atoms with Crippen LogP contribution in [0.2, 0.25) is 0 Å². The molecule has 182 valence electrons. The summed E-state index contributed by atoms with van der Waals surface area (Å²) >= 11 is 5.27. The zero-order chi connectivity index (χ0) is 25.1. The Hall–Kier alpha value is -4.21. The summed E-state index contributed by atoms with van der Waals surface area (Å²) in [5, 5.41) is 13.0. The third-order valence-electron chi connectivity index (χ3n) is 5.63. The molecule has 5 rings (SSSR count). The largest absolute Gasteiger partial charge is 0.507 e. The van der Waals surface area contributed by atoms with Gasteiger partial charge in [-0.3, -0.25) is 19.8 Å². The molecule has 3 aromatic rings. The molecule has 2 aliphatic heterocycles. The number of nitrogens with zero attached hydrogens (tertiary/aromatic N) is 1. The number of hydrogen-bond donors (Lipinski definition) is 2. The molecule has 2 aliphatic rings. The molecule has 0 spiro atoms. The predicted octanol–water partition coefficient (Wildman–Crippen LogP) is 4.53. The number of carbonyl (C=O) groups excluding carboxylic acids is 2. The van der Waals surface area contributed by atoms with E-state index in [1.165, 1.54) is 17.0 Å². The van der Waals surface area contributed by atoms with Crippen LogP contribution in [0.25, 0.3) is 6.08 Å². The average Bonchev–Trinajstić information content (AvgIpc) is 3.37. The summed E-state index contributed by atoms with van der Waals surface area (Å²) in [5.74, 6) is 0.292. The fourth-order valence-electron chi connectivity index (χ4n) is 3.85. The van der Waals surface area contributed by atoms with E-state index in [9.17, 15) is 14.7 Å². The highest BCUT2D eigenvalue weighted by Gasteiger charge is 2.34. The van der Waals surface area contributed by atoms with Crippen molar-refractivity contribution in [1.82, 2.24) is 5.32 Å². The Bertz CT molecular complexity index is 1330. The fourth-order valence-corrected chi connectivity index (χ4v) is 4.13. The second kappa shape index (κ2) is 10.2. The number of thiocarbonyl (C=S) groups is 1. The summed E-state index contributed by atoms with van der Waals surface area (Å²) < 4.78 is 16.9. The van der Waals surface area contributed by atoms with Gasteiger partial charge in [0, 0.05) is 18.1 Å². The minimum atomic E-state index is -0.649. The third-order valence-corrected chi connectivity index (χ3v) is 5.92. The van der Waals surface area contributed by atoms with Crippen LogP contribution in [-0.2, 0) is 14.3 Å². The molecule has 1 unspecified atom stereocenters. The number of hydrogen-bond acceptors (Lipinski definition) is 7. The van der Waals surface area contributed by atoms with Gasteiger partial charge in [0.05, 0.1) is 12.3 Å². The number of amides is 2. The van der Waals surface area contributed by atoms with Crippen LogP contribution >= 0.6 is 12.2 Å². The summed E-state index contributed by atoms with van der Waals surface area (Å²) in [7, 11) is 0. The molecule has 0 aliphatic carbocycles. The molecular weight excluding hydrogens is 480 g/mol. The fraction of sp³-hybridized carbons (Fsp3) is 0.148. The Morgan fingerprint density at radius 1 is 1.00 bits per heavy atom. The standard InChI is InChI=1S/C27H22N2O6S/c30-23-16-21(35-24-7-4-14-33-24)11-8-17(23)15-22-25(31)28-27(36)29(26(22)32)18-9-12-20(13-10-18)34-19-5-2-1-3-6-19/h1-3,5-6,8-13,15-16,24,30H,4,7,14H2,(H,28,31,36)/b22-15-. The highest BCUT2D eigenvalue weighted by Crippen LogP contribution is 2.30. The highest BCUT2D eigenvalue weighted by molar-refractivity contribution is 7.80. The summed E-state index contributed by atoms with van der Waals surface area (Å²) in [6.45, 7) is 0.638. The van der Waals surface area contributed by atoms with Crippen LogP contribution in [0.5, 0.6) is 23.0 Å². The van der Waals surface area contributed by atoms with Crippen LogP contribution in [-0.4, -0.2) is 34.9 Å². The van der Waals surface area contributed by atoms with Crippen LogP contribution in [0.3, 0.4) is 0 Å². The van der Waals surface area contributed by atoms with Crippen LogP contribution in [0.4, 0.5) is 5.69 Å². The van der Waals surface area contributed by atoms with E-state index in [1.54, 1.807) is 36.4 Å². The molecule has 2 heterocycles. The highest BCUT2D eigenvalue weighted by atomic mass is 32.1. The number of benzene rings is 3. The molecule has 0 saturated carbocycles. The minimum absolute atomic E-state index is 0.0385. The Kier molecular flexibility index (Phi) is 6.66. The molecule has 0 aromatic heterocycles. The smallest absolute Gasteiger partial charge is 0.270 e. The number of aromatic hydroxyl groups is 1. The van der Waals surface area contributed by atoms with Gasteiger partial charge in [-0.1, -0.05) is 18.2 Å². The lowest BCUT2D eigenvalue weighted by atomic mass is 10.1. The van der Waals surface area contributed by atoms with Crippen molar-refractivity contribution in [3.8, 4) is 23.0 Å². The molecule has 9 heteroatoms. The van der Waals surface area contributed by atoms with E-state index >= 15 is 0 Å². The van der Waals surface area contributed by atoms with Gasteiger partial charge < -0.3 is 19.3 Å². The number of phenolic OH excluding ortho intramolecular Hbond substituents is 1. The molecule has 1 atom stereocenters. The Balaban J connectivity index is 1.36. The van der Waals surface area contributed by atoms with E-state index in [0.717, 1.165) is 12.8 Å². The van der Waals surface area contributed by atoms with Gasteiger partial charge in [-0.25, -0.2) is 0 Å². The number of phenols is 1.